The normalized spacial score (nSPS) is 18.4. The van der Waals surface area contributed by atoms with Crippen molar-refractivity contribution in [2.75, 3.05) is 18.0 Å². The average Bonchev–Trinajstić information content (AvgIpc) is 3.18. The molecule has 2 aromatic carbocycles. The minimum absolute atomic E-state index is 0.0353. The summed E-state index contributed by atoms with van der Waals surface area (Å²) in [5.74, 6) is -1.83. The van der Waals surface area contributed by atoms with E-state index in [1.54, 1.807) is 30.3 Å². The molecule has 0 spiro atoms. The minimum Gasteiger partial charge on any atom is -0.351 e. The van der Waals surface area contributed by atoms with Gasteiger partial charge in [-0.3, -0.25) is 24.1 Å². The van der Waals surface area contributed by atoms with Gasteiger partial charge in [0.1, 0.15) is 5.82 Å². The van der Waals surface area contributed by atoms with E-state index in [2.05, 4.69) is 5.32 Å². The number of fused-ring (bicyclic) bond motifs is 1. The highest BCUT2D eigenvalue weighted by Crippen LogP contribution is 2.24. The number of anilines is 1. The largest absolute Gasteiger partial charge is 0.351 e. The molecule has 4 rings (SSSR count). The topological polar surface area (TPSA) is 86.8 Å². The first-order chi connectivity index (χ1) is 13.9. The summed E-state index contributed by atoms with van der Waals surface area (Å²) in [6.45, 7) is 0.202. The second-order valence-electron chi connectivity index (χ2n) is 7.01. The highest BCUT2D eigenvalue weighted by molar-refractivity contribution is 6.21. The van der Waals surface area contributed by atoms with Gasteiger partial charge < -0.3 is 10.2 Å². The van der Waals surface area contributed by atoms with Crippen molar-refractivity contribution in [2.24, 2.45) is 0 Å². The summed E-state index contributed by atoms with van der Waals surface area (Å²) in [5, 5.41) is 2.75. The summed E-state index contributed by atoms with van der Waals surface area (Å²) in [4.78, 5) is 51.6. The molecule has 2 aliphatic heterocycles. The van der Waals surface area contributed by atoms with Gasteiger partial charge in [-0.15, -0.1) is 0 Å². The second kappa shape index (κ2) is 7.46. The highest BCUT2D eigenvalue weighted by Gasteiger charge is 2.36. The molecule has 1 fully saturated rings. The number of imide groups is 1. The maximum atomic E-state index is 13.4. The van der Waals surface area contributed by atoms with E-state index in [1.165, 1.54) is 23.1 Å². The summed E-state index contributed by atoms with van der Waals surface area (Å²) >= 11 is 0. The molecule has 1 saturated heterocycles. The van der Waals surface area contributed by atoms with E-state index in [0.717, 1.165) is 4.90 Å². The summed E-state index contributed by atoms with van der Waals surface area (Å²) in [6.07, 6.45) is 0.0470. The molecular weight excluding hydrogens is 377 g/mol. The number of nitrogens with one attached hydrogen (secondary N) is 1. The first kappa shape index (κ1) is 18.8. The van der Waals surface area contributed by atoms with Crippen molar-refractivity contribution in [1.82, 2.24) is 10.2 Å². The lowest BCUT2D eigenvalue weighted by atomic mass is 10.1. The number of hydrogen-bond acceptors (Lipinski definition) is 4. The van der Waals surface area contributed by atoms with Gasteiger partial charge in [-0.1, -0.05) is 18.2 Å². The van der Waals surface area contributed by atoms with Crippen molar-refractivity contribution in [3.8, 4) is 0 Å². The minimum atomic E-state index is -0.441. The lowest BCUT2D eigenvalue weighted by molar-refractivity contribution is -0.121. The van der Waals surface area contributed by atoms with Crippen molar-refractivity contribution in [3.05, 3.63) is 65.5 Å². The summed E-state index contributed by atoms with van der Waals surface area (Å²) in [7, 11) is 0. The van der Waals surface area contributed by atoms with Crippen molar-refractivity contribution < 1.29 is 23.6 Å². The number of carbonyl (C=O) groups excluding carboxylic acids is 4. The Morgan fingerprint density at radius 3 is 2.38 bits per heavy atom. The van der Waals surface area contributed by atoms with Crippen molar-refractivity contribution in [2.45, 2.75) is 18.9 Å². The molecule has 1 atom stereocenters. The number of nitrogens with zero attached hydrogens (tertiary/aromatic N) is 2. The predicted octanol–water partition coefficient (Wildman–Crippen LogP) is 1.73. The van der Waals surface area contributed by atoms with Gasteiger partial charge in [0.2, 0.25) is 11.8 Å². The molecule has 0 saturated carbocycles. The van der Waals surface area contributed by atoms with Crippen LogP contribution in [0.3, 0.4) is 0 Å². The van der Waals surface area contributed by atoms with Crippen molar-refractivity contribution >= 4 is 29.3 Å². The van der Waals surface area contributed by atoms with Gasteiger partial charge in [-0.2, -0.15) is 0 Å². The van der Waals surface area contributed by atoms with Gasteiger partial charge in [-0.05, 0) is 30.3 Å². The van der Waals surface area contributed by atoms with E-state index in [4.69, 9.17) is 0 Å². The van der Waals surface area contributed by atoms with Crippen LogP contribution < -0.4 is 10.2 Å². The number of amides is 4. The Kier molecular flexibility index (Phi) is 4.84. The zero-order valence-electron chi connectivity index (χ0n) is 15.4. The maximum absolute atomic E-state index is 13.4. The van der Waals surface area contributed by atoms with E-state index in [0.29, 0.717) is 16.8 Å². The van der Waals surface area contributed by atoms with Crippen LogP contribution in [0.2, 0.25) is 0 Å². The molecule has 2 heterocycles. The smallest absolute Gasteiger partial charge is 0.261 e. The fourth-order valence-corrected chi connectivity index (χ4v) is 3.65. The monoisotopic (exact) mass is 395 g/mol. The van der Waals surface area contributed by atoms with Crippen LogP contribution in [0.4, 0.5) is 10.1 Å². The molecular formula is C21H18FN3O4. The van der Waals surface area contributed by atoms with Crippen molar-refractivity contribution in [3.63, 3.8) is 0 Å². The highest BCUT2D eigenvalue weighted by atomic mass is 19.1. The van der Waals surface area contributed by atoms with E-state index < -0.39 is 23.7 Å². The lowest BCUT2D eigenvalue weighted by Crippen LogP contribution is -2.40. The van der Waals surface area contributed by atoms with Gasteiger partial charge in [-0.25, -0.2) is 4.39 Å². The molecule has 2 aromatic rings. The molecule has 1 unspecified atom stereocenters. The molecule has 0 bridgehead atoms. The Labute approximate surface area is 166 Å². The average molecular weight is 395 g/mol. The molecule has 148 valence electrons. The Bertz CT molecular complexity index is 987. The lowest BCUT2D eigenvalue weighted by Gasteiger charge is -2.18. The molecule has 0 radical (unpaired) electrons. The third-order valence-electron chi connectivity index (χ3n) is 5.05. The number of benzene rings is 2. The van der Waals surface area contributed by atoms with Gasteiger partial charge in [0.15, 0.2) is 0 Å². The van der Waals surface area contributed by atoms with E-state index >= 15 is 0 Å². The van der Waals surface area contributed by atoms with Crippen LogP contribution in [0.25, 0.3) is 0 Å². The fourth-order valence-electron chi connectivity index (χ4n) is 3.65. The van der Waals surface area contributed by atoms with Gasteiger partial charge in [0.05, 0.1) is 17.2 Å². The van der Waals surface area contributed by atoms with Crippen LogP contribution in [0, 0.1) is 5.82 Å². The zero-order valence-corrected chi connectivity index (χ0v) is 15.4. The maximum Gasteiger partial charge on any atom is 0.261 e. The van der Waals surface area contributed by atoms with E-state index in [1.807, 2.05) is 0 Å². The Hall–Kier alpha value is -3.55. The molecule has 29 heavy (non-hydrogen) atoms. The van der Waals surface area contributed by atoms with Crippen molar-refractivity contribution in [1.29, 1.82) is 0 Å². The molecule has 4 amide bonds. The summed E-state index contributed by atoms with van der Waals surface area (Å²) in [5.41, 5.74) is 1.12. The van der Waals surface area contributed by atoms with Crippen LogP contribution in [-0.4, -0.2) is 47.7 Å². The fraction of sp³-hybridized carbons (Fsp3) is 0.238. The third kappa shape index (κ3) is 3.61. The molecule has 0 aromatic heterocycles. The van der Waals surface area contributed by atoms with Crippen LogP contribution >= 0.6 is 0 Å². The van der Waals surface area contributed by atoms with Crippen LogP contribution in [-0.2, 0) is 9.59 Å². The third-order valence-corrected chi connectivity index (χ3v) is 5.05. The Balaban J connectivity index is 1.32. The van der Waals surface area contributed by atoms with Crippen LogP contribution in [0.5, 0.6) is 0 Å². The number of rotatable bonds is 5. The van der Waals surface area contributed by atoms with E-state index in [9.17, 15) is 23.6 Å². The van der Waals surface area contributed by atoms with Crippen LogP contribution in [0.15, 0.2) is 48.5 Å². The van der Waals surface area contributed by atoms with E-state index in [-0.39, 0.29) is 37.7 Å². The summed E-state index contributed by atoms with van der Waals surface area (Å²) < 4.78 is 13.4. The zero-order chi connectivity index (χ0) is 20.5. The van der Waals surface area contributed by atoms with Gasteiger partial charge in [0.25, 0.3) is 11.8 Å². The van der Waals surface area contributed by atoms with Crippen LogP contribution in [0.1, 0.15) is 33.6 Å². The first-order valence-corrected chi connectivity index (χ1v) is 9.24. The standard InChI is InChI=1S/C21H18FN3O4/c22-13-4-3-5-15(10-13)25-12-14(11-19(25)27)23-18(26)8-9-24-20(28)16-6-1-2-7-17(16)21(24)29/h1-7,10,14H,8-9,11-12H2,(H,23,26). The number of halogens is 1. The molecule has 8 heteroatoms. The number of carbonyl (C=O) groups is 4. The Morgan fingerprint density at radius 1 is 1.03 bits per heavy atom. The Morgan fingerprint density at radius 2 is 1.72 bits per heavy atom. The predicted molar refractivity (Wildman–Crippen MR) is 102 cm³/mol. The first-order valence-electron chi connectivity index (χ1n) is 9.24. The van der Waals surface area contributed by atoms with Gasteiger partial charge >= 0.3 is 0 Å². The second-order valence-corrected chi connectivity index (χ2v) is 7.01. The SMILES string of the molecule is O=C(CCN1C(=O)c2ccccc2C1=O)NC1CC(=O)N(c2cccc(F)c2)C1. The molecule has 0 aliphatic carbocycles. The summed E-state index contributed by atoms with van der Waals surface area (Å²) in [6, 6.07) is 11.8. The molecule has 2 aliphatic rings. The quantitative estimate of drug-likeness (QED) is 0.782. The molecule has 1 N–H and O–H groups in total. The van der Waals surface area contributed by atoms with Gasteiger partial charge in [0, 0.05) is 31.6 Å². The number of hydrogen-bond donors (Lipinski definition) is 1. The molecule has 7 nitrogen and oxygen atoms in total.